The quantitative estimate of drug-likeness (QED) is 0.598. The van der Waals surface area contributed by atoms with Crippen LogP contribution in [0.15, 0.2) is 24.3 Å². The van der Waals surface area contributed by atoms with Crippen molar-refractivity contribution in [3.8, 4) is 5.75 Å². The topological polar surface area (TPSA) is 39.7 Å². The first-order valence-corrected chi connectivity index (χ1v) is 7.38. The summed E-state index contributed by atoms with van der Waals surface area (Å²) in [5, 5.41) is 3.12. The Morgan fingerprint density at radius 2 is 1.75 bits per heavy atom. The van der Waals surface area contributed by atoms with Crippen LogP contribution in [-0.2, 0) is 16.0 Å². The van der Waals surface area contributed by atoms with E-state index < -0.39 is 0 Å². The zero-order chi connectivity index (χ0) is 14.5. The van der Waals surface area contributed by atoms with Gasteiger partial charge in [-0.1, -0.05) is 25.5 Å². The Balaban J connectivity index is 2.02. The SMILES string of the molecule is CCCCOCCOCCOc1cccc(CNC)c1. The minimum absolute atomic E-state index is 0.567. The molecule has 0 aliphatic rings. The highest BCUT2D eigenvalue weighted by Crippen LogP contribution is 2.12. The molecule has 4 nitrogen and oxygen atoms in total. The Hall–Kier alpha value is -1.10. The monoisotopic (exact) mass is 281 g/mol. The summed E-state index contributed by atoms with van der Waals surface area (Å²) in [5.74, 6) is 0.889. The number of nitrogens with one attached hydrogen (secondary N) is 1. The van der Waals surface area contributed by atoms with Crippen LogP contribution in [0.5, 0.6) is 5.75 Å². The molecule has 1 N–H and O–H groups in total. The van der Waals surface area contributed by atoms with E-state index in [0.717, 1.165) is 25.3 Å². The van der Waals surface area contributed by atoms with E-state index in [1.807, 2.05) is 25.2 Å². The van der Waals surface area contributed by atoms with Crippen LogP contribution in [0.2, 0.25) is 0 Å². The van der Waals surface area contributed by atoms with Gasteiger partial charge in [0.25, 0.3) is 0 Å². The standard InChI is InChI=1S/C16H27NO3/c1-3-4-8-18-9-10-19-11-12-20-16-7-5-6-15(13-16)14-17-2/h5-7,13,17H,3-4,8-12,14H2,1-2H3. The van der Waals surface area contributed by atoms with Crippen molar-refractivity contribution in [1.82, 2.24) is 5.32 Å². The van der Waals surface area contributed by atoms with Gasteiger partial charge in [0, 0.05) is 13.2 Å². The average molecular weight is 281 g/mol. The van der Waals surface area contributed by atoms with Crippen LogP contribution in [-0.4, -0.2) is 40.1 Å². The van der Waals surface area contributed by atoms with Crippen molar-refractivity contribution < 1.29 is 14.2 Å². The molecule has 0 amide bonds. The average Bonchev–Trinajstić information content (AvgIpc) is 2.46. The minimum Gasteiger partial charge on any atom is -0.491 e. The Kier molecular flexibility index (Phi) is 9.92. The van der Waals surface area contributed by atoms with E-state index in [2.05, 4.69) is 18.3 Å². The van der Waals surface area contributed by atoms with Crippen LogP contribution in [0, 0.1) is 0 Å². The first-order chi connectivity index (χ1) is 9.86. The fraction of sp³-hybridized carbons (Fsp3) is 0.625. The van der Waals surface area contributed by atoms with Crippen molar-refractivity contribution in [1.29, 1.82) is 0 Å². The second kappa shape index (κ2) is 11.7. The summed E-state index contributed by atoms with van der Waals surface area (Å²) in [5.41, 5.74) is 1.22. The lowest BCUT2D eigenvalue weighted by Gasteiger charge is -2.09. The van der Waals surface area contributed by atoms with Gasteiger partial charge in [-0.2, -0.15) is 0 Å². The fourth-order valence-electron chi connectivity index (χ4n) is 1.74. The van der Waals surface area contributed by atoms with Crippen molar-refractivity contribution in [3.63, 3.8) is 0 Å². The molecule has 0 atom stereocenters. The summed E-state index contributed by atoms with van der Waals surface area (Å²) < 4.78 is 16.5. The van der Waals surface area contributed by atoms with Gasteiger partial charge < -0.3 is 19.5 Å². The number of rotatable bonds is 12. The smallest absolute Gasteiger partial charge is 0.119 e. The lowest BCUT2D eigenvalue weighted by Crippen LogP contribution is -2.11. The maximum absolute atomic E-state index is 5.64. The van der Waals surface area contributed by atoms with Gasteiger partial charge in [0.15, 0.2) is 0 Å². The maximum Gasteiger partial charge on any atom is 0.119 e. The van der Waals surface area contributed by atoms with Crippen LogP contribution in [0.25, 0.3) is 0 Å². The number of hydrogen-bond donors (Lipinski definition) is 1. The van der Waals surface area contributed by atoms with Gasteiger partial charge in [-0.05, 0) is 31.2 Å². The third kappa shape index (κ3) is 8.15. The van der Waals surface area contributed by atoms with E-state index >= 15 is 0 Å². The summed E-state index contributed by atoms with van der Waals surface area (Å²) in [6.45, 7) is 6.29. The molecule has 0 aliphatic carbocycles. The van der Waals surface area contributed by atoms with E-state index in [1.54, 1.807) is 0 Å². The molecule has 1 aromatic carbocycles. The van der Waals surface area contributed by atoms with Gasteiger partial charge in [0.2, 0.25) is 0 Å². The van der Waals surface area contributed by atoms with Crippen molar-refractivity contribution in [2.24, 2.45) is 0 Å². The molecule has 0 saturated carbocycles. The summed E-state index contributed by atoms with van der Waals surface area (Å²) >= 11 is 0. The van der Waals surface area contributed by atoms with E-state index in [-0.39, 0.29) is 0 Å². The first-order valence-electron chi connectivity index (χ1n) is 7.38. The zero-order valence-corrected chi connectivity index (χ0v) is 12.7. The largest absolute Gasteiger partial charge is 0.491 e. The molecule has 1 rings (SSSR count). The van der Waals surface area contributed by atoms with Crippen molar-refractivity contribution in [2.45, 2.75) is 26.3 Å². The highest BCUT2D eigenvalue weighted by atomic mass is 16.5. The van der Waals surface area contributed by atoms with Gasteiger partial charge >= 0.3 is 0 Å². The van der Waals surface area contributed by atoms with Gasteiger partial charge in [-0.3, -0.25) is 0 Å². The lowest BCUT2D eigenvalue weighted by atomic mass is 10.2. The van der Waals surface area contributed by atoms with Crippen molar-refractivity contribution in [3.05, 3.63) is 29.8 Å². The second-order valence-corrected chi connectivity index (χ2v) is 4.60. The molecule has 0 saturated heterocycles. The van der Waals surface area contributed by atoms with Crippen LogP contribution >= 0.6 is 0 Å². The fourth-order valence-corrected chi connectivity index (χ4v) is 1.74. The van der Waals surface area contributed by atoms with E-state index in [9.17, 15) is 0 Å². The van der Waals surface area contributed by atoms with E-state index in [4.69, 9.17) is 14.2 Å². The van der Waals surface area contributed by atoms with Crippen molar-refractivity contribution >= 4 is 0 Å². The number of unbranched alkanes of at least 4 members (excludes halogenated alkanes) is 1. The predicted octanol–water partition coefficient (Wildman–Crippen LogP) is 2.62. The van der Waals surface area contributed by atoms with Crippen LogP contribution < -0.4 is 10.1 Å². The third-order valence-electron chi connectivity index (χ3n) is 2.79. The van der Waals surface area contributed by atoms with E-state index in [1.165, 1.54) is 12.0 Å². The Bertz CT molecular complexity index is 344. The molecule has 20 heavy (non-hydrogen) atoms. The Labute approximate surface area is 122 Å². The van der Waals surface area contributed by atoms with E-state index in [0.29, 0.717) is 26.4 Å². The molecule has 0 spiro atoms. The molecule has 0 bridgehead atoms. The molecule has 0 heterocycles. The zero-order valence-electron chi connectivity index (χ0n) is 12.7. The number of benzene rings is 1. The highest BCUT2D eigenvalue weighted by molar-refractivity contribution is 5.28. The number of ether oxygens (including phenoxy) is 3. The summed E-state index contributed by atoms with van der Waals surface area (Å²) in [7, 11) is 1.93. The molecular weight excluding hydrogens is 254 g/mol. The van der Waals surface area contributed by atoms with Crippen LogP contribution in [0.4, 0.5) is 0 Å². The molecule has 0 fully saturated rings. The van der Waals surface area contributed by atoms with Gasteiger partial charge in [-0.25, -0.2) is 0 Å². The number of hydrogen-bond acceptors (Lipinski definition) is 4. The van der Waals surface area contributed by atoms with Crippen LogP contribution in [0.1, 0.15) is 25.3 Å². The summed E-state index contributed by atoms with van der Waals surface area (Å²) in [4.78, 5) is 0. The molecule has 1 aromatic rings. The molecule has 4 heteroatoms. The molecule has 0 aliphatic heterocycles. The van der Waals surface area contributed by atoms with Gasteiger partial charge in [0.1, 0.15) is 12.4 Å². The van der Waals surface area contributed by atoms with Gasteiger partial charge in [0.05, 0.1) is 19.8 Å². The Morgan fingerprint density at radius 1 is 1.00 bits per heavy atom. The molecule has 114 valence electrons. The Morgan fingerprint density at radius 3 is 2.50 bits per heavy atom. The predicted molar refractivity (Wildman–Crippen MR) is 81.2 cm³/mol. The van der Waals surface area contributed by atoms with Crippen molar-refractivity contribution in [2.75, 3.05) is 40.1 Å². The normalized spacial score (nSPS) is 10.7. The van der Waals surface area contributed by atoms with Gasteiger partial charge in [-0.15, -0.1) is 0 Å². The maximum atomic E-state index is 5.64. The minimum atomic E-state index is 0.567. The molecular formula is C16H27NO3. The highest BCUT2D eigenvalue weighted by Gasteiger charge is 1.96. The molecule has 0 radical (unpaired) electrons. The second-order valence-electron chi connectivity index (χ2n) is 4.60. The first kappa shape index (κ1) is 17.0. The lowest BCUT2D eigenvalue weighted by molar-refractivity contribution is 0.0355. The molecule has 0 aromatic heterocycles. The summed E-state index contributed by atoms with van der Waals surface area (Å²) in [6.07, 6.45) is 2.29. The third-order valence-corrected chi connectivity index (χ3v) is 2.79. The summed E-state index contributed by atoms with van der Waals surface area (Å²) in [6, 6.07) is 8.09. The van der Waals surface area contributed by atoms with Crippen LogP contribution in [0.3, 0.4) is 0 Å². The molecule has 0 unspecified atom stereocenters.